The maximum atomic E-state index is 13.1. The lowest BCUT2D eigenvalue weighted by Crippen LogP contribution is -2.46. The van der Waals surface area contributed by atoms with Gasteiger partial charge in [-0.2, -0.15) is 0 Å². The van der Waals surface area contributed by atoms with Gasteiger partial charge in [-0.3, -0.25) is 0 Å². The quantitative estimate of drug-likeness (QED) is 0.125. The highest BCUT2D eigenvalue weighted by molar-refractivity contribution is 9.12. The van der Waals surface area contributed by atoms with Gasteiger partial charge in [-0.15, -0.1) is 0 Å². The predicted octanol–water partition coefficient (Wildman–Crippen LogP) is 7.62. The summed E-state index contributed by atoms with van der Waals surface area (Å²) in [5.41, 5.74) is 1.12. The Balaban J connectivity index is 1.60. The van der Waals surface area contributed by atoms with Gasteiger partial charge in [0.2, 0.25) is 0 Å². The van der Waals surface area contributed by atoms with Gasteiger partial charge >= 0.3 is 5.97 Å². The van der Waals surface area contributed by atoms with E-state index in [-0.39, 0.29) is 41.4 Å². The minimum absolute atomic E-state index is 0.0459. The van der Waals surface area contributed by atoms with E-state index in [1.807, 2.05) is 12.1 Å². The van der Waals surface area contributed by atoms with Crippen LogP contribution < -0.4 is 4.74 Å². The van der Waals surface area contributed by atoms with Crippen molar-refractivity contribution in [2.45, 2.75) is 96.4 Å². The van der Waals surface area contributed by atoms with E-state index in [4.69, 9.17) is 18.6 Å². The summed E-state index contributed by atoms with van der Waals surface area (Å²) in [6, 6.07) is 8.04. The smallest absolute Gasteiger partial charge is 0.345 e. The molecule has 226 valence electrons. The monoisotopic (exact) mass is 646 g/mol. The molecule has 2 aliphatic carbocycles. The Bertz CT molecular complexity index is 1120. The fraction of sp³-hybridized carbons (Fsp3) is 0.636. The third-order valence-corrected chi connectivity index (χ3v) is 14.9. The summed E-state index contributed by atoms with van der Waals surface area (Å²) in [5.74, 6) is 1.79. The number of hydrogen-bond donors (Lipinski definition) is 0. The Hall–Kier alpha value is -1.74. The summed E-state index contributed by atoms with van der Waals surface area (Å²) in [6.45, 7) is 14.1. The number of aldehydes is 1. The van der Waals surface area contributed by atoms with E-state index in [1.54, 1.807) is 7.11 Å². The van der Waals surface area contributed by atoms with Crippen molar-refractivity contribution < 1.29 is 28.2 Å². The van der Waals surface area contributed by atoms with Crippen LogP contribution in [0, 0.1) is 29.6 Å². The van der Waals surface area contributed by atoms with Crippen molar-refractivity contribution in [3.05, 3.63) is 52.5 Å². The number of fused-ring (bicyclic) bond motifs is 3. The van der Waals surface area contributed by atoms with Crippen molar-refractivity contribution in [1.82, 2.24) is 0 Å². The highest BCUT2D eigenvalue weighted by Gasteiger charge is 2.48. The van der Waals surface area contributed by atoms with E-state index in [2.05, 4.69) is 87.1 Å². The molecule has 3 aliphatic rings. The van der Waals surface area contributed by atoms with Crippen molar-refractivity contribution in [2.75, 3.05) is 7.11 Å². The van der Waals surface area contributed by atoms with Gasteiger partial charge in [0.15, 0.2) is 8.32 Å². The van der Waals surface area contributed by atoms with Gasteiger partial charge in [0.25, 0.3) is 0 Å². The molecule has 0 bridgehead atoms. The molecule has 41 heavy (non-hydrogen) atoms. The highest BCUT2D eigenvalue weighted by atomic mass is 79.9. The van der Waals surface area contributed by atoms with Crippen LogP contribution in [0.2, 0.25) is 18.1 Å². The normalized spacial score (nSPS) is 33.7. The van der Waals surface area contributed by atoms with Crippen LogP contribution in [-0.2, 0) is 30.1 Å². The molecular formula is C33H47BrO6Si. The fourth-order valence-electron chi connectivity index (χ4n) is 6.53. The Labute approximate surface area is 255 Å². The lowest BCUT2D eigenvalue weighted by molar-refractivity contribution is -0.145. The van der Waals surface area contributed by atoms with Gasteiger partial charge < -0.3 is 23.4 Å². The first-order valence-corrected chi connectivity index (χ1v) is 18.7. The molecule has 1 saturated carbocycles. The Morgan fingerprint density at radius 2 is 1.78 bits per heavy atom. The average molecular weight is 648 g/mol. The second-order valence-corrected chi connectivity index (χ2v) is 19.2. The van der Waals surface area contributed by atoms with Gasteiger partial charge in [0.1, 0.15) is 18.1 Å². The number of methoxy groups -OCH3 is 1. The van der Waals surface area contributed by atoms with E-state index in [1.165, 1.54) is 0 Å². The molecule has 0 unspecified atom stereocenters. The largest absolute Gasteiger partial charge is 0.497 e. The summed E-state index contributed by atoms with van der Waals surface area (Å²) in [7, 11) is -0.431. The topological polar surface area (TPSA) is 71.1 Å². The summed E-state index contributed by atoms with van der Waals surface area (Å²) >= 11 is 3.54. The first-order valence-electron chi connectivity index (χ1n) is 15.0. The predicted molar refractivity (Wildman–Crippen MR) is 167 cm³/mol. The summed E-state index contributed by atoms with van der Waals surface area (Å²) in [5, 5.41) is 0.0459. The van der Waals surface area contributed by atoms with Gasteiger partial charge in [-0.1, -0.05) is 58.1 Å². The molecule has 1 heterocycles. The Morgan fingerprint density at radius 1 is 1.07 bits per heavy atom. The molecule has 1 aliphatic heterocycles. The van der Waals surface area contributed by atoms with E-state index in [9.17, 15) is 9.59 Å². The third-order valence-electron chi connectivity index (χ3n) is 9.74. The minimum Gasteiger partial charge on any atom is -0.497 e. The second-order valence-electron chi connectivity index (χ2n) is 13.6. The number of ether oxygens (including phenoxy) is 3. The average Bonchev–Trinajstić information content (AvgIpc) is 3.22. The number of rotatable bonds is 8. The first kappa shape index (κ1) is 32.2. The summed E-state index contributed by atoms with van der Waals surface area (Å²) in [6.07, 6.45) is 9.65. The molecule has 6 nitrogen and oxygen atoms in total. The molecule has 0 saturated heterocycles. The zero-order valence-corrected chi connectivity index (χ0v) is 28.2. The van der Waals surface area contributed by atoms with Crippen LogP contribution in [0.25, 0.3) is 0 Å². The molecule has 0 amide bonds. The number of halogens is 1. The zero-order chi connectivity index (χ0) is 29.9. The van der Waals surface area contributed by atoms with Gasteiger partial charge in [0, 0.05) is 24.9 Å². The SMILES string of the molecule is COc1ccc(CO[C@H]2[C@@H]3C=C[C@H]4C[C@H](O[Si](C)(C)C(C)(C)C)C[C@@H](CC=O)OC(=O)/C(Br)=C\[C@H]4[C@@H]3C[C@H]2C)cc1. The molecule has 8 atom stereocenters. The first-order chi connectivity index (χ1) is 19.3. The number of hydrogen-bond acceptors (Lipinski definition) is 6. The van der Waals surface area contributed by atoms with Crippen LogP contribution >= 0.6 is 15.9 Å². The number of benzene rings is 1. The van der Waals surface area contributed by atoms with Gasteiger partial charge in [-0.25, -0.2) is 4.79 Å². The number of allylic oxidation sites excluding steroid dienone is 2. The molecule has 0 N–H and O–H groups in total. The molecule has 4 rings (SSSR count). The lowest BCUT2D eigenvalue weighted by Gasteiger charge is -2.43. The molecular weight excluding hydrogens is 600 g/mol. The van der Waals surface area contributed by atoms with Crippen LogP contribution in [-0.4, -0.2) is 46.0 Å². The molecule has 8 heteroatoms. The maximum Gasteiger partial charge on any atom is 0.345 e. The van der Waals surface area contributed by atoms with Crippen molar-refractivity contribution >= 4 is 36.5 Å². The van der Waals surface area contributed by atoms with Crippen molar-refractivity contribution in [3.8, 4) is 5.75 Å². The lowest BCUT2D eigenvalue weighted by atomic mass is 9.69. The van der Waals surface area contributed by atoms with E-state index in [0.29, 0.717) is 29.3 Å². The second kappa shape index (κ2) is 13.3. The van der Waals surface area contributed by atoms with Crippen LogP contribution in [0.5, 0.6) is 5.75 Å². The maximum absolute atomic E-state index is 13.1. The fourth-order valence-corrected chi connectivity index (χ4v) is 8.30. The zero-order valence-electron chi connectivity index (χ0n) is 25.6. The number of carbonyl (C=O) groups is 2. The van der Waals surface area contributed by atoms with Crippen LogP contribution in [0.15, 0.2) is 47.0 Å². The Morgan fingerprint density at radius 3 is 2.41 bits per heavy atom. The molecule has 1 aromatic rings. The van der Waals surface area contributed by atoms with Gasteiger partial charge in [0.05, 0.1) is 24.3 Å². The number of cyclic esters (lactones) is 1. The number of esters is 1. The minimum atomic E-state index is -2.10. The molecule has 0 aromatic heterocycles. The molecule has 1 aromatic carbocycles. The van der Waals surface area contributed by atoms with E-state index >= 15 is 0 Å². The number of carbonyl (C=O) groups excluding carboxylic acids is 2. The molecule has 1 fully saturated rings. The van der Waals surface area contributed by atoms with Crippen LogP contribution in [0.4, 0.5) is 0 Å². The molecule has 0 radical (unpaired) electrons. The summed E-state index contributed by atoms with van der Waals surface area (Å²) in [4.78, 5) is 24.6. The molecule has 0 spiro atoms. The van der Waals surface area contributed by atoms with E-state index in [0.717, 1.165) is 30.4 Å². The van der Waals surface area contributed by atoms with Crippen LogP contribution in [0.3, 0.4) is 0 Å². The van der Waals surface area contributed by atoms with Crippen molar-refractivity contribution in [2.24, 2.45) is 29.6 Å². The third kappa shape index (κ3) is 7.62. The van der Waals surface area contributed by atoms with Gasteiger partial charge in [-0.05, 0) is 88.3 Å². The summed E-state index contributed by atoms with van der Waals surface area (Å²) < 4.78 is 25.1. The van der Waals surface area contributed by atoms with Crippen LogP contribution in [0.1, 0.15) is 58.9 Å². The van der Waals surface area contributed by atoms with Crippen molar-refractivity contribution in [3.63, 3.8) is 0 Å². The standard InChI is InChI=1S/C33H47BrO6Si/c1-21-16-29-27(31(21)38-20-22-8-11-24(37-5)12-9-22)13-10-23-17-26(40-41(6,7)33(2,3)4)18-25(14-15-35)39-32(36)30(34)19-28(23)29/h8-13,15,19,21,23,25-29,31H,14,16-18,20H2,1-7H3/b30-19+/t21-,23+,25-,26+,27-,28-,29-,31-/m1/s1. The van der Waals surface area contributed by atoms with E-state index < -0.39 is 20.4 Å². The highest BCUT2D eigenvalue weighted by Crippen LogP contribution is 2.51. The van der Waals surface area contributed by atoms with Crippen molar-refractivity contribution in [1.29, 1.82) is 0 Å². The Kier molecular flexibility index (Phi) is 10.4.